The van der Waals surface area contributed by atoms with Crippen molar-refractivity contribution in [3.8, 4) is 0 Å². The van der Waals surface area contributed by atoms with Crippen molar-refractivity contribution in [1.29, 1.82) is 0 Å². The number of hydrogen-bond acceptors (Lipinski definition) is 5. The molecule has 1 heterocycles. The summed E-state index contributed by atoms with van der Waals surface area (Å²) >= 11 is 0. The Hall–Kier alpha value is -3.48. The van der Waals surface area contributed by atoms with Crippen LogP contribution >= 0.6 is 0 Å². The lowest BCUT2D eigenvalue weighted by atomic mass is 9.81. The van der Waals surface area contributed by atoms with E-state index < -0.39 is 17.9 Å². The molecule has 7 heteroatoms. The highest BCUT2D eigenvalue weighted by molar-refractivity contribution is 6.10. The minimum atomic E-state index is -0.937. The third kappa shape index (κ3) is 4.54. The highest BCUT2D eigenvalue weighted by Gasteiger charge is 2.62. The molecular formula is C29H32N2O5. The van der Waals surface area contributed by atoms with Gasteiger partial charge in [-0.3, -0.25) is 19.3 Å². The molecule has 2 aliphatic carbocycles. The molecule has 36 heavy (non-hydrogen) atoms. The van der Waals surface area contributed by atoms with Crippen LogP contribution in [0.1, 0.15) is 49.0 Å². The van der Waals surface area contributed by atoms with Crippen molar-refractivity contribution in [3.05, 3.63) is 65.7 Å². The van der Waals surface area contributed by atoms with E-state index in [2.05, 4.69) is 5.32 Å². The average molecular weight is 489 g/mol. The van der Waals surface area contributed by atoms with E-state index in [1.165, 1.54) is 4.90 Å². The van der Waals surface area contributed by atoms with E-state index in [0.717, 1.165) is 24.8 Å². The SMILES string of the molecule is CC(C)COC(=O)c1ccc(NC(=O)[C@@H](Cc2ccccc2)N2C(=O)[C@@H]3[C@H]4CC[C@@H](C4)[C@@H]3C2=O)cc1. The molecule has 188 valence electrons. The van der Waals surface area contributed by atoms with Crippen molar-refractivity contribution in [2.45, 2.75) is 45.6 Å². The number of amides is 3. The molecule has 3 amide bonds. The summed E-state index contributed by atoms with van der Waals surface area (Å²) in [5, 5.41) is 2.86. The Kier molecular flexibility index (Phi) is 6.65. The number of likely N-dealkylation sites (tertiary alicyclic amines) is 1. The van der Waals surface area contributed by atoms with Crippen molar-refractivity contribution in [2.24, 2.45) is 29.6 Å². The second-order valence-electron chi connectivity index (χ2n) is 10.7. The number of esters is 1. The lowest BCUT2D eigenvalue weighted by Gasteiger charge is -2.27. The predicted octanol–water partition coefficient (Wildman–Crippen LogP) is 4.08. The minimum absolute atomic E-state index is 0.198. The second-order valence-corrected chi connectivity index (χ2v) is 10.7. The van der Waals surface area contributed by atoms with Gasteiger partial charge in [0.15, 0.2) is 0 Å². The van der Waals surface area contributed by atoms with Gasteiger partial charge in [0.1, 0.15) is 6.04 Å². The van der Waals surface area contributed by atoms with Crippen LogP contribution in [0.2, 0.25) is 0 Å². The maximum Gasteiger partial charge on any atom is 0.338 e. The first-order valence-electron chi connectivity index (χ1n) is 12.8. The number of imide groups is 1. The number of carbonyl (C=O) groups is 4. The fourth-order valence-corrected chi connectivity index (χ4v) is 6.12. The van der Waals surface area contributed by atoms with Crippen molar-refractivity contribution in [3.63, 3.8) is 0 Å². The van der Waals surface area contributed by atoms with Crippen molar-refractivity contribution < 1.29 is 23.9 Å². The molecule has 1 aliphatic heterocycles. The van der Waals surface area contributed by atoms with Gasteiger partial charge in [0, 0.05) is 12.1 Å². The molecule has 0 unspecified atom stereocenters. The minimum Gasteiger partial charge on any atom is -0.462 e. The van der Waals surface area contributed by atoms with Crippen LogP contribution in [-0.4, -0.2) is 41.2 Å². The summed E-state index contributed by atoms with van der Waals surface area (Å²) in [6.45, 7) is 4.26. The van der Waals surface area contributed by atoms with Gasteiger partial charge in [-0.15, -0.1) is 0 Å². The van der Waals surface area contributed by atoms with E-state index >= 15 is 0 Å². The molecule has 3 aliphatic rings. The zero-order valence-corrected chi connectivity index (χ0v) is 20.7. The quantitative estimate of drug-likeness (QED) is 0.447. The van der Waals surface area contributed by atoms with Gasteiger partial charge in [0.2, 0.25) is 17.7 Å². The molecule has 2 saturated carbocycles. The van der Waals surface area contributed by atoms with Crippen molar-refractivity contribution in [1.82, 2.24) is 4.90 Å². The van der Waals surface area contributed by atoms with Gasteiger partial charge >= 0.3 is 5.97 Å². The van der Waals surface area contributed by atoms with Crippen LogP contribution in [0.15, 0.2) is 54.6 Å². The Morgan fingerprint density at radius 1 is 0.944 bits per heavy atom. The monoisotopic (exact) mass is 488 g/mol. The number of rotatable bonds is 8. The highest BCUT2D eigenvalue weighted by Crippen LogP contribution is 2.56. The maximum atomic E-state index is 13.5. The number of benzene rings is 2. The van der Waals surface area contributed by atoms with Gasteiger partial charge in [-0.2, -0.15) is 0 Å². The first-order valence-corrected chi connectivity index (χ1v) is 12.8. The number of nitrogens with one attached hydrogen (secondary N) is 1. The summed E-state index contributed by atoms with van der Waals surface area (Å²) in [6.07, 6.45) is 3.17. The first-order chi connectivity index (χ1) is 17.3. The zero-order chi connectivity index (χ0) is 25.4. The van der Waals surface area contributed by atoms with E-state index in [1.807, 2.05) is 44.2 Å². The van der Waals surface area contributed by atoms with Crippen LogP contribution in [0.3, 0.4) is 0 Å². The summed E-state index contributed by atoms with van der Waals surface area (Å²) in [7, 11) is 0. The number of hydrogen-bond donors (Lipinski definition) is 1. The summed E-state index contributed by atoms with van der Waals surface area (Å²) in [4.78, 5) is 54.0. The van der Waals surface area contributed by atoms with E-state index in [4.69, 9.17) is 4.74 Å². The fraction of sp³-hybridized carbons (Fsp3) is 0.448. The van der Waals surface area contributed by atoms with Gasteiger partial charge in [-0.05, 0) is 66.8 Å². The van der Waals surface area contributed by atoms with Crippen LogP contribution in [-0.2, 0) is 25.5 Å². The molecule has 2 bridgehead atoms. The van der Waals surface area contributed by atoms with Gasteiger partial charge in [-0.1, -0.05) is 44.2 Å². The molecule has 5 rings (SSSR count). The summed E-state index contributed by atoms with van der Waals surface area (Å²) in [6, 6.07) is 15.0. The number of carbonyl (C=O) groups excluding carboxylic acids is 4. The van der Waals surface area contributed by atoms with Crippen molar-refractivity contribution in [2.75, 3.05) is 11.9 Å². The van der Waals surface area contributed by atoms with Gasteiger partial charge in [0.25, 0.3) is 0 Å². The molecule has 2 aromatic rings. The van der Waals surface area contributed by atoms with Crippen LogP contribution in [0.4, 0.5) is 5.69 Å². The normalized spacial score (nSPS) is 25.2. The smallest absolute Gasteiger partial charge is 0.338 e. The predicted molar refractivity (Wildman–Crippen MR) is 134 cm³/mol. The third-order valence-corrected chi connectivity index (χ3v) is 7.78. The number of fused-ring (bicyclic) bond motifs is 5. The summed E-state index contributed by atoms with van der Waals surface area (Å²) < 4.78 is 5.26. The Morgan fingerprint density at radius 2 is 1.56 bits per heavy atom. The lowest BCUT2D eigenvalue weighted by molar-refractivity contribution is -0.147. The molecule has 0 spiro atoms. The number of nitrogens with zero attached hydrogens (tertiary/aromatic N) is 1. The Labute approximate surface area is 211 Å². The van der Waals surface area contributed by atoms with Crippen LogP contribution in [0.5, 0.6) is 0 Å². The van der Waals surface area contributed by atoms with Gasteiger partial charge in [-0.25, -0.2) is 4.79 Å². The third-order valence-electron chi connectivity index (χ3n) is 7.78. The van der Waals surface area contributed by atoms with Crippen LogP contribution in [0, 0.1) is 29.6 Å². The number of ether oxygens (including phenoxy) is 1. The Morgan fingerprint density at radius 3 is 2.14 bits per heavy atom. The van der Waals surface area contributed by atoms with E-state index in [9.17, 15) is 19.2 Å². The molecule has 3 fully saturated rings. The van der Waals surface area contributed by atoms with Gasteiger partial charge < -0.3 is 10.1 Å². The molecule has 2 aromatic carbocycles. The fourth-order valence-electron chi connectivity index (χ4n) is 6.12. The van der Waals surface area contributed by atoms with Gasteiger partial charge in [0.05, 0.1) is 24.0 Å². The van der Waals surface area contributed by atoms with Crippen LogP contribution in [0.25, 0.3) is 0 Å². The van der Waals surface area contributed by atoms with E-state index in [-0.39, 0.29) is 47.8 Å². The average Bonchev–Trinajstić information content (AvgIpc) is 3.56. The zero-order valence-electron chi connectivity index (χ0n) is 20.7. The second kappa shape index (κ2) is 9.88. The Balaban J connectivity index is 1.35. The number of anilines is 1. The molecule has 5 atom stereocenters. The molecule has 1 N–H and O–H groups in total. The van der Waals surface area contributed by atoms with E-state index in [1.54, 1.807) is 24.3 Å². The molecule has 1 saturated heterocycles. The van der Waals surface area contributed by atoms with E-state index in [0.29, 0.717) is 17.9 Å². The largest absolute Gasteiger partial charge is 0.462 e. The maximum absolute atomic E-state index is 13.5. The standard InChI is InChI=1S/C29H32N2O5/c1-17(2)16-36-29(35)19-10-12-22(13-11-19)30-26(32)23(14-18-6-4-3-5-7-18)31-27(33)24-20-8-9-21(15-20)25(24)28(31)34/h3-7,10-13,17,20-21,23-25H,8-9,14-16H2,1-2H3,(H,30,32)/t20-,21-,23+,24-,25+/m0/s1. The molecule has 7 nitrogen and oxygen atoms in total. The van der Waals surface area contributed by atoms with Crippen LogP contribution < -0.4 is 5.32 Å². The Bertz CT molecular complexity index is 1130. The summed E-state index contributed by atoms with van der Waals surface area (Å²) in [5.41, 5.74) is 1.75. The topological polar surface area (TPSA) is 92.8 Å². The lowest BCUT2D eigenvalue weighted by Crippen LogP contribution is -2.49. The first kappa shape index (κ1) is 24.2. The molecular weight excluding hydrogens is 456 g/mol. The summed E-state index contributed by atoms with van der Waals surface area (Å²) in [5.74, 6) is -1.04. The molecule has 0 aromatic heterocycles. The van der Waals surface area contributed by atoms with Crippen molar-refractivity contribution >= 4 is 29.4 Å². The highest BCUT2D eigenvalue weighted by atomic mass is 16.5. The molecule has 0 radical (unpaired) electrons.